The zero-order valence-corrected chi connectivity index (χ0v) is 14.4. The Morgan fingerprint density at radius 3 is 2.00 bits per heavy atom. The summed E-state index contributed by atoms with van der Waals surface area (Å²) in [6, 6.07) is 12.7. The highest BCUT2D eigenvalue weighted by Crippen LogP contribution is 2.23. The van der Waals surface area contributed by atoms with E-state index in [1.54, 1.807) is 38.5 Å². The van der Waals surface area contributed by atoms with Crippen molar-refractivity contribution in [3.05, 3.63) is 59.7 Å². The Hall–Kier alpha value is -2.75. The summed E-state index contributed by atoms with van der Waals surface area (Å²) in [6.45, 7) is 3.96. The van der Waals surface area contributed by atoms with Crippen molar-refractivity contribution in [3.8, 4) is 17.2 Å². The van der Waals surface area contributed by atoms with Crippen LogP contribution in [0.1, 0.15) is 29.8 Å². The van der Waals surface area contributed by atoms with Gasteiger partial charge >= 0.3 is 0 Å². The smallest absolute Gasteiger partial charge is 0.186 e. The Morgan fingerprint density at radius 1 is 0.917 bits per heavy atom. The molecule has 0 unspecified atom stereocenters. The third-order valence-corrected chi connectivity index (χ3v) is 3.32. The number of allylic oxidation sites excluding steroid dienone is 1. The lowest BCUT2D eigenvalue weighted by atomic mass is 10.1. The minimum absolute atomic E-state index is 0.116. The van der Waals surface area contributed by atoms with Gasteiger partial charge in [-0.05, 0) is 49.8 Å². The highest BCUT2D eigenvalue weighted by molar-refractivity contribution is 6.07. The van der Waals surface area contributed by atoms with Crippen molar-refractivity contribution in [2.75, 3.05) is 14.2 Å². The number of methoxy groups -OCH3 is 2. The van der Waals surface area contributed by atoms with Crippen LogP contribution < -0.4 is 14.2 Å². The summed E-state index contributed by atoms with van der Waals surface area (Å²) >= 11 is 0. The van der Waals surface area contributed by atoms with Crippen LogP contribution in [0.25, 0.3) is 6.08 Å². The first-order chi connectivity index (χ1) is 11.5. The average molecular weight is 326 g/mol. The monoisotopic (exact) mass is 326 g/mol. The number of carbonyl (C=O) groups excluding carboxylic acids is 1. The fraction of sp³-hybridized carbons (Fsp3) is 0.250. The van der Waals surface area contributed by atoms with Crippen LogP contribution in [-0.2, 0) is 0 Å². The van der Waals surface area contributed by atoms with E-state index in [1.165, 1.54) is 6.08 Å². The maximum Gasteiger partial charge on any atom is 0.186 e. The SMILES string of the molecule is COc1cc(OC)cc(C(=O)C=Cc2ccc(OC(C)C)cc2)c1. The van der Waals surface area contributed by atoms with Crippen molar-refractivity contribution in [2.45, 2.75) is 20.0 Å². The van der Waals surface area contributed by atoms with E-state index in [0.29, 0.717) is 17.1 Å². The Labute approximate surface area is 142 Å². The number of hydrogen-bond acceptors (Lipinski definition) is 4. The second kappa shape index (κ2) is 8.20. The third-order valence-electron chi connectivity index (χ3n) is 3.32. The number of hydrogen-bond donors (Lipinski definition) is 0. The van der Waals surface area contributed by atoms with E-state index in [1.807, 2.05) is 38.1 Å². The van der Waals surface area contributed by atoms with Gasteiger partial charge in [-0.15, -0.1) is 0 Å². The topological polar surface area (TPSA) is 44.8 Å². The molecule has 0 heterocycles. The van der Waals surface area contributed by atoms with Gasteiger partial charge in [-0.1, -0.05) is 18.2 Å². The first-order valence-electron chi connectivity index (χ1n) is 7.74. The first kappa shape index (κ1) is 17.6. The maximum atomic E-state index is 12.3. The van der Waals surface area contributed by atoms with Gasteiger partial charge in [-0.2, -0.15) is 0 Å². The van der Waals surface area contributed by atoms with Crippen LogP contribution in [0.4, 0.5) is 0 Å². The van der Waals surface area contributed by atoms with E-state index in [4.69, 9.17) is 14.2 Å². The van der Waals surface area contributed by atoms with Crippen LogP contribution in [-0.4, -0.2) is 26.1 Å². The number of carbonyl (C=O) groups is 1. The van der Waals surface area contributed by atoms with Crippen LogP contribution in [0.5, 0.6) is 17.2 Å². The Morgan fingerprint density at radius 2 is 1.50 bits per heavy atom. The molecule has 0 aliphatic carbocycles. The largest absolute Gasteiger partial charge is 0.497 e. The second-order valence-corrected chi connectivity index (χ2v) is 5.53. The van der Waals surface area contributed by atoms with Crippen LogP contribution in [0.3, 0.4) is 0 Å². The molecule has 4 nitrogen and oxygen atoms in total. The molecule has 2 aromatic rings. The second-order valence-electron chi connectivity index (χ2n) is 5.53. The van der Waals surface area contributed by atoms with Gasteiger partial charge in [0, 0.05) is 11.6 Å². The summed E-state index contributed by atoms with van der Waals surface area (Å²) in [6.07, 6.45) is 3.44. The van der Waals surface area contributed by atoms with Gasteiger partial charge in [-0.25, -0.2) is 0 Å². The lowest BCUT2D eigenvalue weighted by Gasteiger charge is -2.09. The molecule has 4 heteroatoms. The Bertz CT molecular complexity index is 693. The zero-order chi connectivity index (χ0) is 17.5. The molecule has 24 heavy (non-hydrogen) atoms. The normalized spacial score (nSPS) is 10.9. The fourth-order valence-corrected chi connectivity index (χ4v) is 2.15. The minimum Gasteiger partial charge on any atom is -0.497 e. The van der Waals surface area contributed by atoms with E-state index >= 15 is 0 Å². The van der Waals surface area contributed by atoms with Crippen molar-refractivity contribution in [1.82, 2.24) is 0 Å². The standard InChI is InChI=1S/C20H22O4/c1-14(2)24-17-8-5-15(6-9-17)7-10-20(21)16-11-18(22-3)13-19(12-16)23-4/h5-14H,1-4H3. The molecule has 0 saturated heterocycles. The van der Waals surface area contributed by atoms with Crippen LogP contribution >= 0.6 is 0 Å². The molecule has 0 atom stereocenters. The molecule has 126 valence electrons. The Kier molecular flexibility index (Phi) is 6.01. The van der Waals surface area contributed by atoms with Gasteiger partial charge in [0.1, 0.15) is 17.2 Å². The van der Waals surface area contributed by atoms with Crippen LogP contribution in [0.15, 0.2) is 48.5 Å². The number of ketones is 1. The molecule has 0 spiro atoms. The molecule has 0 N–H and O–H groups in total. The molecule has 0 amide bonds. The quantitative estimate of drug-likeness (QED) is 0.559. The molecule has 0 aliphatic rings. The molecule has 0 aliphatic heterocycles. The van der Waals surface area contributed by atoms with Crippen molar-refractivity contribution < 1.29 is 19.0 Å². The van der Waals surface area contributed by atoms with Crippen molar-refractivity contribution in [1.29, 1.82) is 0 Å². The highest BCUT2D eigenvalue weighted by Gasteiger charge is 2.07. The molecule has 0 aromatic heterocycles. The van der Waals surface area contributed by atoms with Gasteiger partial charge in [-0.3, -0.25) is 4.79 Å². The van der Waals surface area contributed by atoms with Gasteiger partial charge < -0.3 is 14.2 Å². The van der Waals surface area contributed by atoms with E-state index in [-0.39, 0.29) is 11.9 Å². The molecule has 0 saturated carbocycles. The van der Waals surface area contributed by atoms with E-state index in [2.05, 4.69) is 0 Å². The molecule has 0 fully saturated rings. The summed E-state index contributed by atoms with van der Waals surface area (Å²) in [5.41, 5.74) is 1.44. The summed E-state index contributed by atoms with van der Waals surface area (Å²) < 4.78 is 16.0. The lowest BCUT2D eigenvalue weighted by Crippen LogP contribution is -2.05. The summed E-state index contributed by atoms with van der Waals surface area (Å²) in [7, 11) is 3.11. The van der Waals surface area contributed by atoms with Crippen LogP contribution in [0.2, 0.25) is 0 Å². The van der Waals surface area contributed by atoms with E-state index < -0.39 is 0 Å². The third kappa shape index (κ3) is 4.88. The number of rotatable bonds is 7. The van der Waals surface area contributed by atoms with Crippen molar-refractivity contribution in [3.63, 3.8) is 0 Å². The predicted molar refractivity (Wildman–Crippen MR) is 95.1 cm³/mol. The minimum atomic E-state index is -0.116. The molecule has 0 radical (unpaired) electrons. The molecule has 2 rings (SSSR count). The Balaban J connectivity index is 2.12. The molecular weight excluding hydrogens is 304 g/mol. The van der Waals surface area contributed by atoms with E-state index in [0.717, 1.165) is 11.3 Å². The van der Waals surface area contributed by atoms with Gasteiger partial charge in [0.25, 0.3) is 0 Å². The van der Waals surface area contributed by atoms with Crippen molar-refractivity contribution >= 4 is 11.9 Å². The first-order valence-corrected chi connectivity index (χ1v) is 7.74. The predicted octanol–water partition coefficient (Wildman–Crippen LogP) is 4.39. The van der Waals surface area contributed by atoms with E-state index in [9.17, 15) is 4.79 Å². The highest BCUT2D eigenvalue weighted by atomic mass is 16.5. The van der Waals surface area contributed by atoms with Crippen molar-refractivity contribution in [2.24, 2.45) is 0 Å². The molecule has 2 aromatic carbocycles. The average Bonchev–Trinajstić information content (AvgIpc) is 2.59. The number of benzene rings is 2. The fourth-order valence-electron chi connectivity index (χ4n) is 2.15. The zero-order valence-electron chi connectivity index (χ0n) is 14.4. The summed E-state index contributed by atoms with van der Waals surface area (Å²) in [5, 5.41) is 0. The van der Waals surface area contributed by atoms with Gasteiger partial charge in [0.2, 0.25) is 0 Å². The maximum absolute atomic E-state index is 12.3. The summed E-state index contributed by atoms with van der Waals surface area (Å²) in [5.74, 6) is 1.86. The van der Waals surface area contributed by atoms with Gasteiger partial charge in [0.15, 0.2) is 5.78 Å². The van der Waals surface area contributed by atoms with Crippen LogP contribution in [0, 0.1) is 0 Å². The molecular formula is C20H22O4. The van der Waals surface area contributed by atoms with Gasteiger partial charge in [0.05, 0.1) is 20.3 Å². The number of ether oxygens (including phenoxy) is 3. The lowest BCUT2D eigenvalue weighted by molar-refractivity contribution is 0.104. The summed E-state index contributed by atoms with van der Waals surface area (Å²) in [4.78, 5) is 12.3. The molecule has 0 bridgehead atoms.